The van der Waals surface area contributed by atoms with Crippen molar-refractivity contribution in [1.29, 1.82) is 0 Å². The molecule has 104 valence electrons. The Kier molecular flexibility index (Phi) is 4.83. The number of ether oxygens (including phenoxy) is 1. The van der Waals surface area contributed by atoms with Gasteiger partial charge in [0.05, 0.1) is 12.5 Å². The number of esters is 1. The van der Waals surface area contributed by atoms with Gasteiger partial charge in [-0.15, -0.1) is 0 Å². The summed E-state index contributed by atoms with van der Waals surface area (Å²) in [5.41, 5.74) is 0.716. The molecular weight excluding hydrogens is 240 g/mol. The first-order valence-corrected chi connectivity index (χ1v) is 7.18. The van der Waals surface area contributed by atoms with Crippen LogP contribution in [0.15, 0.2) is 24.3 Å². The van der Waals surface area contributed by atoms with E-state index in [-0.39, 0.29) is 17.6 Å². The highest BCUT2D eigenvalue weighted by atomic mass is 16.5. The summed E-state index contributed by atoms with van der Waals surface area (Å²) in [6, 6.07) is 7.13. The molecule has 3 heteroatoms. The molecule has 19 heavy (non-hydrogen) atoms. The molecule has 1 aliphatic carbocycles. The van der Waals surface area contributed by atoms with Gasteiger partial charge in [-0.05, 0) is 31.7 Å². The van der Waals surface area contributed by atoms with E-state index in [0.29, 0.717) is 18.1 Å². The van der Waals surface area contributed by atoms with Gasteiger partial charge in [0.25, 0.3) is 0 Å². The number of carbonyl (C=O) groups is 1. The molecule has 1 N–H and O–H groups in total. The minimum atomic E-state index is -0.318. The Balaban J connectivity index is 2.28. The average molecular weight is 262 g/mol. The molecule has 1 fully saturated rings. The first kappa shape index (κ1) is 13.9. The summed E-state index contributed by atoms with van der Waals surface area (Å²) in [6.45, 7) is 2.20. The van der Waals surface area contributed by atoms with Crippen molar-refractivity contribution in [3.05, 3.63) is 29.8 Å². The Morgan fingerprint density at radius 2 is 2.00 bits per heavy atom. The fourth-order valence-corrected chi connectivity index (χ4v) is 3.02. The van der Waals surface area contributed by atoms with Crippen molar-refractivity contribution >= 4 is 5.97 Å². The fourth-order valence-electron chi connectivity index (χ4n) is 3.02. The zero-order chi connectivity index (χ0) is 13.7. The second kappa shape index (κ2) is 6.60. The molecule has 0 radical (unpaired) electrons. The third-order valence-electron chi connectivity index (χ3n) is 3.93. The van der Waals surface area contributed by atoms with Gasteiger partial charge in [0, 0.05) is 5.56 Å². The lowest BCUT2D eigenvalue weighted by atomic mass is 9.76. The van der Waals surface area contributed by atoms with Crippen molar-refractivity contribution in [2.24, 2.45) is 5.92 Å². The minimum Gasteiger partial charge on any atom is -0.508 e. The molecule has 3 nitrogen and oxygen atoms in total. The van der Waals surface area contributed by atoms with Gasteiger partial charge in [-0.2, -0.15) is 0 Å². The van der Waals surface area contributed by atoms with Crippen LogP contribution in [0.2, 0.25) is 0 Å². The summed E-state index contributed by atoms with van der Waals surface area (Å²) >= 11 is 0. The summed E-state index contributed by atoms with van der Waals surface area (Å²) in [5, 5.41) is 10.0. The highest BCUT2D eigenvalue weighted by Crippen LogP contribution is 2.39. The highest BCUT2D eigenvalue weighted by molar-refractivity contribution is 5.79. The van der Waals surface area contributed by atoms with E-state index in [1.807, 2.05) is 19.1 Å². The number of para-hydroxylation sites is 1. The van der Waals surface area contributed by atoms with Gasteiger partial charge < -0.3 is 9.84 Å². The lowest BCUT2D eigenvalue weighted by molar-refractivity contribution is -0.146. The number of rotatable bonds is 4. The first-order chi connectivity index (χ1) is 9.24. The van der Waals surface area contributed by atoms with Crippen LogP contribution in [0.5, 0.6) is 5.75 Å². The van der Waals surface area contributed by atoms with Crippen LogP contribution in [0, 0.1) is 5.92 Å². The van der Waals surface area contributed by atoms with Crippen LogP contribution >= 0.6 is 0 Å². The Bertz CT molecular complexity index is 422. The summed E-state index contributed by atoms with van der Waals surface area (Å²) in [4.78, 5) is 12.3. The largest absolute Gasteiger partial charge is 0.508 e. The SMILES string of the molecule is CCOC(=O)C(c1ccccc1O)C1CCCCC1. The topological polar surface area (TPSA) is 46.5 Å². The van der Waals surface area contributed by atoms with Crippen LogP contribution in [0.25, 0.3) is 0 Å². The molecule has 1 aromatic carbocycles. The third-order valence-corrected chi connectivity index (χ3v) is 3.93. The van der Waals surface area contributed by atoms with Crippen molar-refractivity contribution in [2.75, 3.05) is 6.61 Å². The lowest BCUT2D eigenvalue weighted by Crippen LogP contribution is -2.26. The minimum absolute atomic E-state index is 0.198. The Morgan fingerprint density at radius 1 is 1.32 bits per heavy atom. The van der Waals surface area contributed by atoms with Gasteiger partial charge in [0.2, 0.25) is 0 Å². The normalized spacial score (nSPS) is 17.9. The van der Waals surface area contributed by atoms with E-state index in [2.05, 4.69) is 0 Å². The molecule has 2 rings (SSSR count). The van der Waals surface area contributed by atoms with Crippen LogP contribution in [-0.2, 0) is 9.53 Å². The van der Waals surface area contributed by atoms with Gasteiger partial charge in [0.1, 0.15) is 5.75 Å². The van der Waals surface area contributed by atoms with E-state index < -0.39 is 0 Å². The smallest absolute Gasteiger partial charge is 0.313 e. The molecule has 0 amide bonds. The Labute approximate surface area is 114 Å². The van der Waals surface area contributed by atoms with E-state index in [4.69, 9.17) is 4.74 Å². The monoisotopic (exact) mass is 262 g/mol. The average Bonchev–Trinajstić information content (AvgIpc) is 2.43. The zero-order valence-electron chi connectivity index (χ0n) is 11.5. The van der Waals surface area contributed by atoms with E-state index in [1.165, 1.54) is 6.42 Å². The number of benzene rings is 1. The number of hydrogen-bond acceptors (Lipinski definition) is 3. The van der Waals surface area contributed by atoms with Gasteiger partial charge in [0.15, 0.2) is 0 Å². The fraction of sp³-hybridized carbons (Fsp3) is 0.562. The zero-order valence-corrected chi connectivity index (χ0v) is 11.5. The number of aromatic hydroxyl groups is 1. The maximum atomic E-state index is 12.3. The van der Waals surface area contributed by atoms with Crippen LogP contribution in [0.4, 0.5) is 0 Å². The molecular formula is C16H22O3. The molecule has 1 aliphatic rings. The summed E-state index contributed by atoms with van der Waals surface area (Å²) in [7, 11) is 0. The van der Waals surface area contributed by atoms with Crippen molar-refractivity contribution in [3.63, 3.8) is 0 Å². The summed E-state index contributed by atoms with van der Waals surface area (Å²) in [5.74, 6) is -0.0235. The van der Waals surface area contributed by atoms with Crippen LogP contribution < -0.4 is 0 Å². The number of carbonyl (C=O) groups excluding carboxylic acids is 1. The van der Waals surface area contributed by atoms with Crippen molar-refractivity contribution in [1.82, 2.24) is 0 Å². The summed E-state index contributed by atoms with van der Waals surface area (Å²) < 4.78 is 5.22. The van der Waals surface area contributed by atoms with E-state index in [1.54, 1.807) is 12.1 Å². The predicted molar refractivity (Wildman–Crippen MR) is 74.1 cm³/mol. The molecule has 1 aromatic rings. The van der Waals surface area contributed by atoms with E-state index in [0.717, 1.165) is 25.7 Å². The number of hydrogen-bond donors (Lipinski definition) is 1. The van der Waals surface area contributed by atoms with Crippen LogP contribution in [0.1, 0.15) is 50.5 Å². The van der Waals surface area contributed by atoms with E-state index >= 15 is 0 Å². The number of phenols is 1. The molecule has 1 unspecified atom stereocenters. The standard InChI is InChI=1S/C16H22O3/c1-2-19-16(18)15(12-8-4-3-5-9-12)13-10-6-7-11-14(13)17/h6-7,10-12,15,17H,2-5,8-9H2,1H3. The lowest BCUT2D eigenvalue weighted by Gasteiger charge is -2.29. The van der Waals surface area contributed by atoms with Crippen molar-refractivity contribution in [3.8, 4) is 5.75 Å². The Morgan fingerprint density at radius 3 is 2.63 bits per heavy atom. The van der Waals surface area contributed by atoms with Gasteiger partial charge in [-0.25, -0.2) is 0 Å². The second-order valence-electron chi connectivity index (χ2n) is 5.19. The van der Waals surface area contributed by atoms with E-state index in [9.17, 15) is 9.90 Å². The second-order valence-corrected chi connectivity index (χ2v) is 5.19. The third kappa shape index (κ3) is 3.28. The molecule has 0 saturated heterocycles. The quantitative estimate of drug-likeness (QED) is 0.843. The van der Waals surface area contributed by atoms with Crippen LogP contribution in [-0.4, -0.2) is 17.7 Å². The molecule has 0 bridgehead atoms. The van der Waals surface area contributed by atoms with Crippen molar-refractivity contribution in [2.45, 2.75) is 44.9 Å². The first-order valence-electron chi connectivity index (χ1n) is 7.18. The molecule has 1 atom stereocenters. The molecule has 1 saturated carbocycles. The Hall–Kier alpha value is -1.51. The van der Waals surface area contributed by atoms with Gasteiger partial charge >= 0.3 is 5.97 Å². The molecule has 0 heterocycles. The van der Waals surface area contributed by atoms with Gasteiger partial charge in [-0.3, -0.25) is 4.79 Å². The molecule has 0 aliphatic heterocycles. The maximum Gasteiger partial charge on any atom is 0.313 e. The summed E-state index contributed by atoms with van der Waals surface area (Å²) in [6.07, 6.45) is 5.64. The van der Waals surface area contributed by atoms with Crippen molar-refractivity contribution < 1.29 is 14.6 Å². The van der Waals surface area contributed by atoms with Gasteiger partial charge in [-0.1, -0.05) is 37.5 Å². The predicted octanol–water partition coefficient (Wildman–Crippen LogP) is 3.62. The number of phenolic OH excluding ortho intramolecular Hbond substituents is 1. The highest BCUT2D eigenvalue weighted by Gasteiger charge is 2.33. The molecule has 0 aromatic heterocycles. The maximum absolute atomic E-state index is 12.3. The molecule has 0 spiro atoms. The van der Waals surface area contributed by atoms with Crippen LogP contribution in [0.3, 0.4) is 0 Å².